The number of nitrogens with one attached hydrogen (secondary N) is 2. The lowest BCUT2D eigenvalue weighted by atomic mass is 10.1. The zero-order valence-electron chi connectivity index (χ0n) is 18.1. The topological polar surface area (TPSA) is 87.7 Å². The molecule has 1 saturated heterocycles. The molecule has 7 nitrogen and oxygen atoms in total. The largest absolute Gasteiger partial charge is 0.371 e. The van der Waals surface area contributed by atoms with Crippen LogP contribution in [0.4, 0.5) is 5.69 Å². The van der Waals surface area contributed by atoms with Gasteiger partial charge >= 0.3 is 0 Å². The van der Waals surface area contributed by atoms with E-state index in [2.05, 4.69) is 27.1 Å². The number of hydrogen-bond donors (Lipinski definition) is 2. The van der Waals surface area contributed by atoms with Gasteiger partial charge in [-0.05, 0) is 49.2 Å². The molecule has 0 aliphatic carbocycles. The highest BCUT2D eigenvalue weighted by Crippen LogP contribution is 2.22. The Bertz CT molecular complexity index is 980. The van der Waals surface area contributed by atoms with Gasteiger partial charge in [0.2, 0.25) is 15.9 Å². The van der Waals surface area contributed by atoms with E-state index in [1.54, 1.807) is 26.0 Å². The second kappa shape index (κ2) is 10.9. The molecule has 0 aromatic heterocycles. The summed E-state index contributed by atoms with van der Waals surface area (Å²) in [6.45, 7) is 6.99. The highest BCUT2D eigenvalue weighted by molar-refractivity contribution is 7.89. The van der Waals surface area contributed by atoms with Crippen molar-refractivity contribution < 1.29 is 17.9 Å². The summed E-state index contributed by atoms with van der Waals surface area (Å²) in [4.78, 5) is 14.1. The molecular formula is C23H31N3O4S. The van der Waals surface area contributed by atoms with Crippen molar-refractivity contribution in [3.8, 4) is 0 Å². The molecule has 8 heteroatoms. The van der Waals surface area contributed by atoms with Gasteiger partial charge in [-0.2, -0.15) is 0 Å². The van der Waals surface area contributed by atoms with Crippen LogP contribution >= 0.6 is 0 Å². The summed E-state index contributed by atoms with van der Waals surface area (Å²) in [5.41, 5.74) is 2.37. The first-order valence-corrected chi connectivity index (χ1v) is 12.2. The first kappa shape index (κ1) is 23.4. The van der Waals surface area contributed by atoms with Crippen molar-refractivity contribution >= 4 is 21.6 Å². The predicted molar refractivity (Wildman–Crippen MR) is 121 cm³/mol. The number of carbonyl (C=O) groups excluding carboxylic acids is 1. The molecule has 1 amide bonds. The quantitative estimate of drug-likeness (QED) is 0.579. The van der Waals surface area contributed by atoms with E-state index in [-0.39, 0.29) is 16.9 Å². The molecule has 1 aliphatic rings. The number of morpholine rings is 1. The SMILES string of the molecule is CCC(=O)Nc1ccc(S(=O)(=O)NCCCN2CCO[C@H](c3ccccc3)C2)c(C)c1. The Kier molecular flexibility index (Phi) is 8.20. The number of anilines is 1. The number of hydrogen-bond acceptors (Lipinski definition) is 5. The molecule has 2 aromatic carbocycles. The number of amides is 1. The van der Waals surface area contributed by atoms with E-state index in [9.17, 15) is 13.2 Å². The Labute approximate surface area is 184 Å². The van der Waals surface area contributed by atoms with Gasteiger partial charge in [-0.15, -0.1) is 0 Å². The Morgan fingerprint density at radius 3 is 2.68 bits per heavy atom. The van der Waals surface area contributed by atoms with Crippen LogP contribution in [0.15, 0.2) is 53.4 Å². The molecule has 0 spiro atoms. The lowest BCUT2D eigenvalue weighted by Crippen LogP contribution is -2.39. The summed E-state index contributed by atoms with van der Waals surface area (Å²) in [5, 5.41) is 2.75. The normalized spacial score (nSPS) is 17.4. The minimum absolute atomic E-state index is 0.0565. The van der Waals surface area contributed by atoms with Crippen LogP contribution in [-0.2, 0) is 19.6 Å². The highest BCUT2D eigenvalue weighted by Gasteiger charge is 2.22. The minimum atomic E-state index is -3.60. The number of aryl methyl sites for hydroxylation is 1. The van der Waals surface area contributed by atoms with Crippen LogP contribution in [0.3, 0.4) is 0 Å². The molecule has 0 bridgehead atoms. The average molecular weight is 446 g/mol. The standard InChI is InChI=1S/C23H31N3O4S/c1-3-23(27)25-20-10-11-22(18(2)16-20)31(28,29)24-12-7-13-26-14-15-30-21(17-26)19-8-5-4-6-9-19/h4-6,8-11,16,21,24H,3,7,12-15,17H2,1-2H3,(H,25,27)/t21-/m0/s1. The molecule has 0 unspecified atom stereocenters. The molecule has 1 fully saturated rings. The summed E-state index contributed by atoms with van der Waals surface area (Å²) in [6, 6.07) is 15.0. The van der Waals surface area contributed by atoms with Crippen molar-refractivity contribution in [2.75, 3.05) is 38.1 Å². The lowest BCUT2D eigenvalue weighted by Gasteiger charge is -2.33. The van der Waals surface area contributed by atoms with Gasteiger partial charge in [-0.3, -0.25) is 9.69 Å². The average Bonchev–Trinajstić information content (AvgIpc) is 2.77. The van der Waals surface area contributed by atoms with Crippen molar-refractivity contribution in [3.63, 3.8) is 0 Å². The zero-order valence-corrected chi connectivity index (χ0v) is 19.0. The summed E-state index contributed by atoms with van der Waals surface area (Å²) in [6.07, 6.45) is 1.14. The first-order chi connectivity index (χ1) is 14.9. The molecule has 31 heavy (non-hydrogen) atoms. The van der Waals surface area contributed by atoms with Gasteiger partial charge < -0.3 is 10.1 Å². The van der Waals surface area contributed by atoms with Gasteiger partial charge in [0.05, 0.1) is 17.6 Å². The monoisotopic (exact) mass is 445 g/mol. The molecule has 3 rings (SSSR count). The second-order valence-electron chi connectivity index (χ2n) is 7.70. The Hall–Kier alpha value is -2.26. The maximum absolute atomic E-state index is 12.7. The molecule has 1 aliphatic heterocycles. The summed E-state index contributed by atoms with van der Waals surface area (Å²) < 4.78 is 34.0. The zero-order chi connectivity index (χ0) is 22.3. The van der Waals surface area contributed by atoms with Crippen LogP contribution in [-0.4, -0.2) is 52.0 Å². The maximum Gasteiger partial charge on any atom is 0.240 e. The smallest absolute Gasteiger partial charge is 0.240 e. The van der Waals surface area contributed by atoms with Crippen molar-refractivity contribution in [2.24, 2.45) is 0 Å². The van der Waals surface area contributed by atoms with Crippen LogP contribution in [0.2, 0.25) is 0 Å². The van der Waals surface area contributed by atoms with Crippen LogP contribution < -0.4 is 10.0 Å². The number of ether oxygens (including phenoxy) is 1. The van der Waals surface area contributed by atoms with Gasteiger partial charge in [-0.25, -0.2) is 13.1 Å². The first-order valence-electron chi connectivity index (χ1n) is 10.7. The summed E-state index contributed by atoms with van der Waals surface area (Å²) in [7, 11) is -3.60. The molecule has 2 N–H and O–H groups in total. The fourth-order valence-electron chi connectivity index (χ4n) is 3.64. The fourth-order valence-corrected chi connectivity index (χ4v) is 4.94. The second-order valence-corrected chi connectivity index (χ2v) is 9.44. The van der Waals surface area contributed by atoms with Gasteiger partial charge in [-0.1, -0.05) is 37.3 Å². The van der Waals surface area contributed by atoms with Crippen molar-refractivity contribution in [1.29, 1.82) is 0 Å². The number of rotatable bonds is 9. The van der Waals surface area contributed by atoms with Crippen molar-refractivity contribution in [1.82, 2.24) is 9.62 Å². The van der Waals surface area contributed by atoms with E-state index in [0.717, 1.165) is 19.6 Å². The van der Waals surface area contributed by atoms with Crippen LogP contribution in [0.1, 0.15) is 37.0 Å². The lowest BCUT2D eigenvalue weighted by molar-refractivity contribution is -0.115. The Morgan fingerprint density at radius 2 is 1.97 bits per heavy atom. The van der Waals surface area contributed by atoms with E-state index in [0.29, 0.717) is 37.2 Å². The van der Waals surface area contributed by atoms with E-state index in [1.807, 2.05) is 18.2 Å². The van der Waals surface area contributed by atoms with Crippen LogP contribution in [0, 0.1) is 6.92 Å². The molecule has 0 radical (unpaired) electrons. The number of sulfonamides is 1. The molecule has 1 atom stereocenters. The fraction of sp³-hybridized carbons (Fsp3) is 0.435. The molecule has 0 saturated carbocycles. The molecule has 2 aromatic rings. The van der Waals surface area contributed by atoms with Gasteiger partial charge in [0.15, 0.2) is 0 Å². The Morgan fingerprint density at radius 1 is 1.19 bits per heavy atom. The van der Waals surface area contributed by atoms with Crippen LogP contribution in [0.25, 0.3) is 0 Å². The number of carbonyl (C=O) groups is 1. The molecule has 1 heterocycles. The third kappa shape index (κ3) is 6.61. The highest BCUT2D eigenvalue weighted by atomic mass is 32.2. The minimum Gasteiger partial charge on any atom is -0.371 e. The molecular weight excluding hydrogens is 414 g/mol. The third-order valence-electron chi connectivity index (χ3n) is 5.33. The van der Waals surface area contributed by atoms with Crippen molar-refractivity contribution in [3.05, 3.63) is 59.7 Å². The molecule has 168 valence electrons. The van der Waals surface area contributed by atoms with E-state index in [1.165, 1.54) is 11.6 Å². The van der Waals surface area contributed by atoms with E-state index >= 15 is 0 Å². The maximum atomic E-state index is 12.7. The third-order valence-corrected chi connectivity index (χ3v) is 6.96. The number of benzene rings is 2. The van der Waals surface area contributed by atoms with E-state index < -0.39 is 10.0 Å². The Balaban J connectivity index is 1.49. The van der Waals surface area contributed by atoms with E-state index in [4.69, 9.17) is 4.74 Å². The summed E-state index contributed by atoms with van der Waals surface area (Å²) in [5.74, 6) is -0.106. The van der Waals surface area contributed by atoms with Gasteiger partial charge in [0, 0.05) is 31.7 Å². The predicted octanol–water partition coefficient (Wildman–Crippen LogP) is 3.09. The van der Waals surface area contributed by atoms with Gasteiger partial charge in [0.1, 0.15) is 0 Å². The van der Waals surface area contributed by atoms with Crippen molar-refractivity contribution in [2.45, 2.75) is 37.7 Å². The summed E-state index contributed by atoms with van der Waals surface area (Å²) >= 11 is 0. The van der Waals surface area contributed by atoms with Gasteiger partial charge in [0.25, 0.3) is 0 Å². The van der Waals surface area contributed by atoms with Crippen LogP contribution in [0.5, 0.6) is 0 Å². The number of nitrogens with zero attached hydrogens (tertiary/aromatic N) is 1.